The van der Waals surface area contributed by atoms with E-state index in [-0.39, 0.29) is 24.5 Å². The Balaban J connectivity index is 0.000001000. The second-order valence-electron chi connectivity index (χ2n) is 2.60. The second kappa shape index (κ2) is 4.41. The Hall–Kier alpha value is -0.480. The van der Waals surface area contributed by atoms with Gasteiger partial charge >= 0.3 is 0 Å². The predicted octanol–water partition coefficient (Wildman–Crippen LogP) is -0.242. The summed E-state index contributed by atoms with van der Waals surface area (Å²) in [4.78, 5) is 1.77. The molecule has 0 atom stereocenters. The van der Waals surface area contributed by atoms with Crippen molar-refractivity contribution in [2.45, 2.75) is 18.9 Å². The average Bonchev–Trinajstić information content (AvgIpc) is 1.88. The molecule has 0 saturated carbocycles. The predicted molar refractivity (Wildman–Crippen MR) is 46.0 cm³/mol. The number of hydrogen-bond acceptors (Lipinski definition) is 2. The van der Waals surface area contributed by atoms with Crippen LogP contribution < -0.4 is 5.73 Å². The minimum atomic E-state index is -0.185. The molecule has 66 valence electrons. The fourth-order valence-corrected chi connectivity index (χ4v) is 1.11. The fourth-order valence-electron chi connectivity index (χ4n) is 1.11. The summed E-state index contributed by atoms with van der Waals surface area (Å²) < 4.78 is 0. The Morgan fingerprint density at radius 1 is 1.45 bits per heavy atom. The van der Waals surface area contributed by atoms with Crippen LogP contribution in [0.1, 0.15) is 12.8 Å². The van der Waals surface area contributed by atoms with Crippen molar-refractivity contribution in [2.24, 2.45) is 5.73 Å². The van der Waals surface area contributed by atoms with Crippen LogP contribution in [0.25, 0.3) is 0 Å². The van der Waals surface area contributed by atoms with Crippen LogP contribution in [0, 0.1) is 5.41 Å². The third kappa shape index (κ3) is 2.95. The van der Waals surface area contributed by atoms with E-state index in [4.69, 9.17) is 16.2 Å². The molecule has 5 heteroatoms. The van der Waals surface area contributed by atoms with Crippen molar-refractivity contribution >= 4 is 18.4 Å². The zero-order valence-electron chi connectivity index (χ0n) is 6.29. The second-order valence-corrected chi connectivity index (χ2v) is 2.60. The lowest BCUT2D eigenvalue weighted by molar-refractivity contribution is 0.108. The van der Waals surface area contributed by atoms with Gasteiger partial charge in [0.05, 0.1) is 6.10 Å². The first-order chi connectivity index (χ1) is 4.70. The zero-order chi connectivity index (χ0) is 7.56. The number of halogens is 1. The number of rotatable bonds is 0. The summed E-state index contributed by atoms with van der Waals surface area (Å²) in [5.74, 6) is 0.118. The normalized spacial score (nSPS) is 19.2. The lowest BCUT2D eigenvalue weighted by Gasteiger charge is -2.29. The first kappa shape index (κ1) is 10.5. The molecule has 0 aliphatic carbocycles. The first-order valence-corrected chi connectivity index (χ1v) is 3.47. The van der Waals surface area contributed by atoms with Crippen LogP contribution in [0.2, 0.25) is 0 Å². The van der Waals surface area contributed by atoms with Crippen LogP contribution in [0.15, 0.2) is 0 Å². The van der Waals surface area contributed by atoms with Crippen molar-refractivity contribution in [3.8, 4) is 0 Å². The maximum atomic E-state index is 9.07. The molecule has 1 rings (SSSR count). The van der Waals surface area contributed by atoms with Crippen molar-refractivity contribution in [3.63, 3.8) is 0 Å². The monoisotopic (exact) mass is 179 g/mol. The molecule has 1 saturated heterocycles. The van der Waals surface area contributed by atoms with E-state index < -0.39 is 0 Å². The minimum Gasteiger partial charge on any atom is -0.393 e. The van der Waals surface area contributed by atoms with E-state index in [1.165, 1.54) is 0 Å². The first-order valence-electron chi connectivity index (χ1n) is 3.47. The Morgan fingerprint density at radius 3 is 2.27 bits per heavy atom. The van der Waals surface area contributed by atoms with Crippen LogP contribution in [0.5, 0.6) is 0 Å². The van der Waals surface area contributed by atoms with Crippen LogP contribution in [0.3, 0.4) is 0 Å². The van der Waals surface area contributed by atoms with E-state index in [1.807, 2.05) is 0 Å². The fraction of sp³-hybridized carbons (Fsp3) is 0.833. The lowest BCUT2D eigenvalue weighted by Crippen LogP contribution is -2.43. The molecule has 4 nitrogen and oxygen atoms in total. The maximum Gasteiger partial charge on any atom is 0.188 e. The van der Waals surface area contributed by atoms with Gasteiger partial charge in [-0.3, -0.25) is 5.41 Å². The van der Waals surface area contributed by atoms with Crippen molar-refractivity contribution in [1.82, 2.24) is 4.90 Å². The number of nitrogens with one attached hydrogen (secondary N) is 1. The van der Waals surface area contributed by atoms with Gasteiger partial charge in [-0.15, -0.1) is 12.4 Å². The number of piperidine rings is 1. The van der Waals surface area contributed by atoms with Crippen molar-refractivity contribution < 1.29 is 5.11 Å². The van der Waals surface area contributed by atoms with E-state index in [0.717, 1.165) is 25.9 Å². The highest BCUT2D eigenvalue weighted by Crippen LogP contribution is 2.08. The van der Waals surface area contributed by atoms with Crippen molar-refractivity contribution in [3.05, 3.63) is 0 Å². The van der Waals surface area contributed by atoms with Gasteiger partial charge < -0.3 is 15.7 Å². The maximum absolute atomic E-state index is 9.07. The highest BCUT2D eigenvalue weighted by atomic mass is 35.5. The van der Waals surface area contributed by atoms with E-state index in [0.29, 0.717) is 0 Å². The Bertz CT molecular complexity index is 134. The summed E-state index contributed by atoms with van der Waals surface area (Å²) in [5.41, 5.74) is 5.24. The van der Waals surface area contributed by atoms with Crippen LogP contribution >= 0.6 is 12.4 Å². The van der Waals surface area contributed by atoms with Gasteiger partial charge in [-0.25, -0.2) is 0 Å². The van der Waals surface area contributed by atoms with Gasteiger partial charge in [0.2, 0.25) is 0 Å². The molecule has 0 aromatic carbocycles. The summed E-state index contributed by atoms with van der Waals surface area (Å²) in [6, 6.07) is 0. The molecule has 11 heavy (non-hydrogen) atoms. The Labute approximate surface area is 72.3 Å². The molecule has 0 bridgehead atoms. The SMILES string of the molecule is Cl.N=C(N)N1CCC(O)CC1. The molecule has 4 N–H and O–H groups in total. The number of aliphatic hydroxyl groups is 1. The number of guanidine groups is 1. The van der Waals surface area contributed by atoms with E-state index in [9.17, 15) is 0 Å². The number of nitrogens with two attached hydrogens (primary N) is 1. The molecule has 1 heterocycles. The number of nitrogens with zero attached hydrogens (tertiary/aromatic N) is 1. The number of aliphatic hydroxyl groups excluding tert-OH is 1. The molecule has 0 aromatic heterocycles. The van der Waals surface area contributed by atoms with Crippen molar-refractivity contribution in [1.29, 1.82) is 5.41 Å². The number of likely N-dealkylation sites (tertiary alicyclic amines) is 1. The topological polar surface area (TPSA) is 73.3 Å². The minimum absolute atomic E-state index is 0. The largest absolute Gasteiger partial charge is 0.393 e. The van der Waals surface area contributed by atoms with E-state index >= 15 is 0 Å². The van der Waals surface area contributed by atoms with Gasteiger partial charge in [-0.2, -0.15) is 0 Å². The average molecular weight is 180 g/mol. The zero-order valence-corrected chi connectivity index (χ0v) is 7.10. The van der Waals surface area contributed by atoms with E-state index in [1.54, 1.807) is 4.90 Å². The van der Waals surface area contributed by atoms with Gasteiger partial charge in [-0.1, -0.05) is 0 Å². The molecule has 0 radical (unpaired) electrons. The quantitative estimate of drug-likeness (QED) is 0.355. The summed E-state index contributed by atoms with van der Waals surface area (Å²) in [7, 11) is 0. The van der Waals surface area contributed by atoms with Crippen LogP contribution in [0.4, 0.5) is 0 Å². The highest BCUT2D eigenvalue weighted by molar-refractivity contribution is 5.85. The third-order valence-corrected chi connectivity index (χ3v) is 1.81. The molecule has 0 spiro atoms. The molecule has 1 aliphatic rings. The lowest BCUT2D eigenvalue weighted by atomic mass is 10.1. The van der Waals surface area contributed by atoms with Gasteiger partial charge in [0.15, 0.2) is 5.96 Å². The van der Waals surface area contributed by atoms with Crippen LogP contribution in [-0.4, -0.2) is 35.2 Å². The molecular formula is C6H14ClN3O. The molecule has 1 aliphatic heterocycles. The van der Waals surface area contributed by atoms with Gasteiger partial charge in [-0.05, 0) is 12.8 Å². The van der Waals surface area contributed by atoms with Crippen molar-refractivity contribution in [2.75, 3.05) is 13.1 Å². The smallest absolute Gasteiger partial charge is 0.188 e. The molecule has 0 amide bonds. The Morgan fingerprint density at radius 2 is 1.91 bits per heavy atom. The van der Waals surface area contributed by atoms with Crippen LogP contribution in [-0.2, 0) is 0 Å². The summed E-state index contributed by atoms with van der Waals surface area (Å²) >= 11 is 0. The van der Waals surface area contributed by atoms with Gasteiger partial charge in [0, 0.05) is 13.1 Å². The molecular weight excluding hydrogens is 166 g/mol. The van der Waals surface area contributed by atoms with Gasteiger partial charge in [0.25, 0.3) is 0 Å². The summed E-state index contributed by atoms with van der Waals surface area (Å²) in [6.45, 7) is 1.44. The van der Waals surface area contributed by atoms with E-state index in [2.05, 4.69) is 0 Å². The third-order valence-electron chi connectivity index (χ3n) is 1.81. The summed E-state index contributed by atoms with van der Waals surface area (Å²) in [5, 5.41) is 16.1. The summed E-state index contributed by atoms with van der Waals surface area (Å²) in [6.07, 6.45) is 1.29. The molecule has 0 unspecified atom stereocenters. The molecule has 0 aromatic rings. The highest BCUT2D eigenvalue weighted by Gasteiger charge is 2.16. The Kier molecular flexibility index (Phi) is 4.22. The molecule has 1 fully saturated rings. The standard InChI is InChI=1S/C6H13N3O.ClH/c7-6(8)9-3-1-5(10)2-4-9;/h5,10H,1-4H2,(H3,7,8);1H. The van der Waals surface area contributed by atoms with Gasteiger partial charge in [0.1, 0.15) is 0 Å². The number of hydrogen-bond donors (Lipinski definition) is 3.